The van der Waals surface area contributed by atoms with Crippen molar-refractivity contribution in [3.8, 4) is 11.5 Å². The Labute approximate surface area is 122 Å². The minimum atomic E-state index is -0.0786. The van der Waals surface area contributed by atoms with E-state index in [0.29, 0.717) is 0 Å². The normalized spacial score (nSPS) is 15.5. The quantitative estimate of drug-likeness (QED) is 0.769. The third-order valence-electron chi connectivity index (χ3n) is 3.98. The van der Waals surface area contributed by atoms with Crippen LogP contribution in [0.4, 0.5) is 0 Å². The van der Waals surface area contributed by atoms with Gasteiger partial charge in [0.05, 0.1) is 14.2 Å². The molecule has 0 spiro atoms. The van der Waals surface area contributed by atoms with E-state index in [9.17, 15) is 5.11 Å². The molecule has 2 unspecified atom stereocenters. The molecule has 2 N–H and O–H groups in total. The van der Waals surface area contributed by atoms with Crippen LogP contribution in [-0.2, 0) is 0 Å². The van der Waals surface area contributed by atoms with E-state index in [1.165, 1.54) is 0 Å². The first-order valence-corrected chi connectivity index (χ1v) is 7.06. The van der Waals surface area contributed by atoms with Gasteiger partial charge in [-0.2, -0.15) is 0 Å². The lowest BCUT2D eigenvalue weighted by Crippen LogP contribution is -2.35. The van der Waals surface area contributed by atoms with Crippen molar-refractivity contribution in [1.29, 1.82) is 0 Å². The van der Waals surface area contributed by atoms with E-state index in [4.69, 9.17) is 9.47 Å². The van der Waals surface area contributed by atoms with Crippen LogP contribution in [0.2, 0.25) is 0 Å². The Bertz CT molecular complexity index is 416. The van der Waals surface area contributed by atoms with Gasteiger partial charge in [-0.1, -0.05) is 19.9 Å². The lowest BCUT2D eigenvalue weighted by molar-refractivity contribution is 0.132. The van der Waals surface area contributed by atoms with E-state index < -0.39 is 0 Å². The fourth-order valence-corrected chi connectivity index (χ4v) is 1.93. The number of hydrogen-bond acceptors (Lipinski definition) is 4. The van der Waals surface area contributed by atoms with Crippen molar-refractivity contribution < 1.29 is 14.6 Å². The molecule has 0 amide bonds. The Balaban J connectivity index is 2.75. The second kappa shape index (κ2) is 7.50. The molecule has 0 radical (unpaired) electrons. The van der Waals surface area contributed by atoms with E-state index in [2.05, 4.69) is 26.1 Å². The zero-order valence-corrected chi connectivity index (χ0v) is 13.2. The lowest BCUT2D eigenvalue weighted by Gasteiger charge is -2.28. The fraction of sp³-hybridized carbons (Fsp3) is 0.625. The Morgan fingerprint density at radius 3 is 2.40 bits per heavy atom. The minimum Gasteiger partial charge on any atom is -0.493 e. The summed E-state index contributed by atoms with van der Waals surface area (Å²) in [6.07, 6.45) is 0.940. The minimum absolute atomic E-state index is 0.0786. The molecule has 4 heteroatoms. The van der Waals surface area contributed by atoms with E-state index in [1.54, 1.807) is 14.2 Å². The molecule has 0 bridgehead atoms. The number of benzene rings is 1. The van der Waals surface area contributed by atoms with Crippen molar-refractivity contribution in [2.24, 2.45) is 5.41 Å². The van der Waals surface area contributed by atoms with E-state index in [1.807, 2.05) is 18.2 Å². The van der Waals surface area contributed by atoms with Crippen molar-refractivity contribution in [2.75, 3.05) is 27.4 Å². The smallest absolute Gasteiger partial charge is 0.161 e. The molecule has 0 fully saturated rings. The van der Waals surface area contributed by atoms with Crippen LogP contribution in [0.1, 0.15) is 38.8 Å². The molecule has 0 aliphatic carbocycles. The van der Waals surface area contributed by atoms with Crippen molar-refractivity contribution in [3.63, 3.8) is 0 Å². The van der Waals surface area contributed by atoms with Gasteiger partial charge in [-0.25, -0.2) is 0 Å². The largest absolute Gasteiger partial charge is 0.493 e. The monoisotopic (exact) mass is 281 g/mol. The molecular formula is C16H27NO3. The first-order valence-electron chi connectivity index (χ1n) is 7.06. The summed E-state index contributed by atoms with van der Waals surface area (Å²) in [6.45, 7) is 7.25. The summed E-state index contributed by atoms with van der Waals surface area (Å²) in [5, 5.41) is 12.9. The third-order valence-corrected chi connectivity index (χ3v) is 3.98. The molecule has 1 aromatic carbocycles. The summed E-state index contributed by atoms with van der Waals surface area (Å²) in [7, 11) is 3.27. The Kier molecular flexibility index (Phi) is 6.30. The average Bonchev–Trinajstić information content (AvgIpc) is 2.51. The van der Waals surface area contributed by atoms with Gasteiger partial charge in [0.1, 0.15) is 0 Å². The molecule has 114 valence electrons. The predicted molar refractivity (Wildman–Crippen MR) is 81.4 cm³/mol. The van der Waals surface area contributed by atoms with Crippen molar-refractivity contribution >= 4 is 0 Å². The van der Waals surface area contributed by atoms with E-state index in [0.717, 1.165) is 30.0 Å². The van der Waals surface area contributed by atoms with Crippen LogP contribution in [0.5, 0.6) is 11.5 Å². The fourth-order valence-electron chi connectivity index (χ4n) is 1.93. The number of nitrogens with one attached hydrogen (secondary N) is 1. The molecule has 0 aromatic heterocycles. The van der Waals surface area contributed by atoms with Crippen LogP contribution in [-0.4, -0.2) is 32.5 Å². The molecule has 0 saturated heterocycles. The molecular weight excluding hydrogens is 254 g/mol. The van der Waals surface area contributed by atoms with Crippen LogP contribution in [0, 0.1) is 5.41 Å². The summed E-state index contributed by atoms with van der Waals surface area (Å²) in [4.78, 5) is 0. The maximum Gasteiger partial charge on any atom is 0.161 e. The summed E-state index contributed by atoms with van der Waals surface area (Å²) >= 11 is 0. The molecule has 0 saturated carbocycles. The van der Waals surface area contributed by atoms with Crippen LogP contribution in [0.3, 0.4) is 0 Å². The first kappa shape index (κ1) is 16.8. The number of aliphatic hydroxyl groups excluding tert-OH is 1. The Morgan fingerprint density at radius 2 is 1.90 bits per heavy atom. The molecule has 4 nitrogen and oxygen atoms in total. The number of hydrogen-bond donors (Lipinski definition) is 2. The van der Waals surface area contributed by atoms with Crippen LogP contribution in [0.25, 0.3) is 0 Å². The van der Waals surface area contributed by atoms with Crippen molar-refractivity contribution in [1.82, 2.24) is 5.32 Å². The predicted octanol–water partition coefficient (Wildman–Crippen LogP) is 2.76. The highest BCUT2D eigenvalue weighted by Gasteiger charge is 2.22. The van der Waals surface area contributed by atoms with Crippen molar-refractivity contribution in [2.45, 2.75) is 33.2 Å². The topological polar surface area (TPSA) is 50.7 Å². The highest BCUT2D eigenvalue weighted by Crippen LogP contribution is 2.30. The van der Waals surface area contributed by atoms with Crippen LogP contribution < -0.4 is 14.8 Å². The van der Waals surface area contributed by atoms with Crippen molar-refractivity contribution in [3.05, 3.63) is 23.8 Å². The molecule has 0 aliphatic heterocycles. The van der Waals surface area contributed by atoms with Gasteiger partial charge in [0, 0.05) is 24.6 Å². The summed E-state index contributed by atoms with van der Waals surface area (Å²) < 4.78 is 10.6. The maximum absolute atomic E-state index is 9.44. The SMILES string of the molecule is CCC(C)(CO)CNC(C)c1ccc(OC)c(OC)c1. The second-order valence-corrected chi connectivity index (χ2v) is 5.54. The molecule has 0 aliphatic rings. The van der Waals surface area contributed by atoms with Gasteiger partial charge >= 0.3 is 0 Å². The zero-order valence-electron chi connectivity index (χ0n) is 13.2. The van der Waals surface area contributed by atoms with Crippen LogP contribution in [0.15, 0.2) is 18.2 Å². The van der Waals surface area contributed by atoms with Gasteiger partial charge in [0.15, 0.2) is 11.5 Å². The molecule has 20 heavy (non-hydrogen) atoms. The number of rotatable bonds is 8. The molecule has 2 atom stereocenters. The Morgan fingerprint density at radius 1 is 1.25 bits per heavy atom. The zero-order chi connectivity index (χ0) is 15.2. The maximum atomic E-state index is 9.44. The number of ether oxygens (including phenoxy) is 2. The average molecular weight is 281 g/mol. The second-order valence-electron chi connectivity index (χ2n) is 5.54. The summed E-state index contributed by atoms with van der Waals surface area (Å²) in [5.41, 5.74) is 1.06. The van der Waals surface area contributed by atoms with Gasteiger partial charge in [-0.3, -0.25) is 0 Å². The van der Waals surface area contributed by atoms with Gasteiger partial charge in [0.25, 0.3) is 0 Å². The summed E-state index contributed by atoms with van der Waals surface area (Å²) in [6, 6.07) is 6.12. The molecule has 1 rings (SSSR count). The number of aliphatic hydroxyl groups is 1. The van der Waals surface area contributed by atoms with Crippen LogP contribution >= 0.6 is 0 Å². The molecule has 1 aromatic rings. The third kappa shape index (κ3) is 4.12. The van der Waals surface area contributed by atoms with Gasteiger partial charge in [0.2, 0.25) is 0 Å². The van der Waals surface area contributed by atoms with Gasteiger partial charge < -0.3 is 19.9 Å². The lowest BCUT2D eigenvalue weighted by atomic mass is 9.88. The first-order chi connectivity index (χ1) is 9.49. The standard InChI is InChI=1S/C16H27NO3/c1-6-16(3,11-18)10-17-12(2)13-7-8-14(19-4)15(9-13)20-5/h7-9,12,17-18H,6,10-11H2,1-5H3. The number of methoxy groups -OCH3 is 2. The highest BCUT2D eigenvalue weighted by atomic mass is 16.5. The summed E-state index contributed by atoms with van der Waals surface area (Å²) in [5.74, 6) is 1.47. The van der Waals surface area contributed by atoms with E-state index >= 15 is 0 Å². The van der Waals surface area contributed by atoms with Gasteiger partial charge in [-0.05, 0) is 31.0 Å². The van der Waals surface area contributed by atoms with E-state index in [-0.39, 0.29) is 18.1 Å². The van der Waals surface area contributed by atoms with Gasteiger partial charge in [-0.15, -0.1) is 0 Å². The molecule has 0 heterocycles. The highest BCUT2D eigenvalue weighted by molar-refractivity contribution is 5.43. The Hall–Kier alpha value is -1.26.